The molecule has 116 valence electrons. The van der Waals surface area contributed by atoms with Crippen molar-refractivity contribution in [2.24, 2.45) is 5.41 Å². The maximum Gasteiger partial charge on any atom is 0.230 e. The van der Waals surface area contributed by atoms with E-state index in [1.807, 2.05) is 4.68 Å². The van der Waals surface area contributed by atoms with Gasteiger partial charge in [0.2, 0.25) is 11.1 Å². The second kappa shape index (κ2) is 6.31. The number of carbonyl (C=O) groups excluding carboxylic acids is 1. The highest BCUT2D eigenvalue weighted by molar-refractivity contribution is 7.99. The van der Waals surface area contributed by atoms with Crippen LogP contribution in [0.25, 0.3) is 0 Å². The SMILES string of the molecule is O=C(CSc1nnnn1C1CC1)NCC1(CO)CCCC1. The second-order valence-corrected chi connectivity index (χ2v) is 7.01. The maximum atomic E-state index is 12.0. The van der Waals surface area contributed by atoms with E-state index in [0.29, 0.717) is 23.5 Å². The fourth-order valence-electron chi connectivity index (χ4n) is 2.81. The lowest BCUT2D eigenvalue weighted by atomic mass is 9.87. The largest absolute Gasteiger partial charge is 0.396 e. The zero-order valence-corrected chi connectivity index (χ0v) is 12.8. The highest BCUT2D eigenvalue weighted by atomic mass is 32.2. The third-order valence-corrected chi connectivity index (χ3v) is 5.28. The van der Waals surface area contributed by atoms with E-state index in [-0.39, 0.29) is 17.9 Å². The molecular formula is C13H21N5O2S. The highest BCUT2D eigenvalue weighted by Crippen LogP contribution is 2.37. The van der Waals surface area contributed by atoms with E-state index in [1.165, 1.54) is 11.8 Å². The van der Waals surface area contributed by atoms with Crippen molar-refractivity contribution in [2.45, 2.75) is 49.7 Å². The number of aromatic nitrogens is 4. The van der Waals surface area contributed by atoms with Crippen molar-refractivity contribution in [3.05, 3.63) is 0 Å². The molecule has 1 heterocycles. The molecule has 2 aliphatic carbocycles. The molecule has 0 aliphatic heterocycles. The zero-order valence-electron chi connectivity index (χ0n) is 12.0. The maximum absolute atomic E-state index is 12.0. The van der Waals surface area contributed by atoms with Crippen LogP contribution in [-0.2, 0) is 4.79 Å². The van der Waals surface area contributed by atoms with E-state index in [9.17, 15) is 9.90 Å². The first-order valence-corrected chi connectivity index (χ1v) is 8.49. The first kappa shape index (κ1) is 14.8. The van der Waals surface area contributed by atoms with Crippen LogP contribution in [0.3, 0.4) is 0 Å². The van der Waals surface area contributed by atoms with Crippen LogP contribution in [0.2, 0.25) is 0 Å². The average molecular weight is 311 g/mol. The number of aliphatic hydroxyl groups excluding tert-OH is 1. The summed E-state index contributed by atoms with van der Waals surface area (Å²) in [4.78, 5) is 12.0. The van der Waals surface area contributed by atoms with E-state index < -0.39 is 0 Å². The summed E-state index contributed by atoms with van der Waals surface area (Å²) in [6, 6.07) is 0.418. The first-order valence-electron chi connectivity index (χ1n) is 7.51. The Labute approximate surface area is 127 Å². The van der Waals surface area contributed by atoms with Crippen LogP contribution in [0.15, 0.2) is 5.16 Å². The average Bonchev–Trinajstić information content (AvgIpc) is 3.05. The van der Waals surface area contributed by atoms with Crippen LogP contribution >= 0.6 is 11.8 Å². The summed E-state index contributed by atoms with van der Waals surface area (Å²) in [5, 5.41) is 24.8. The molecule has 3 rings (SSSR count). The molecule has 7 nitrogen and oxygen atoms in total. The van der Waals surface area contributed by atoms with E-state index in [0.717, 1.165) is 38.5 Å². The van der Waals surface area contributed by atoms with E-state index in [4.69, 9.17) is 0 Å². The number of hydrogen-bond acceptors (Lipinski definition) is 6. The van der Waals surface area contributed by atoms with E-state index in [2.05, 4.69) is 20.8 Å². The molecule has 0 unspecified atom stereocenters. The number of tetrazole rings is 1. The molecule has 21 heavy (non-hydrogen) atoms. The monoisotopic (exact) mass is 311 g/mol. The van der Waals surface area contributed by atoms with Gasteiger partial charge in [-0.15, -0.1) is 5.10 Å². The van der Waals surface area contributed by atoms with Gasteiger partial charge in [-0.25, -0.2) is 4.68 Å². The molecule has 2 saturated carbocycles. The van der Waals surface area contributed by atoms with Crippen molar-refractivity contribution in [1.82, 2.24) is 25.5 Å². The molecule has 1 amide bonds. The number of hydrogen-bond donors (Lipinski definition) is 2. The van der Waals surface area contributed by atoms with Gasteiger partial charge in [0.1, 0.15) is 0 Å². The molecule has 0 bridgehead atoms. The van der Waals surface area contributed by atoms with Crippen LogP contribution in [0.5, 0.6) is 0 Å². The van der Waals surface area contributed by atoms with Gasteiger partial charge in [0, 0.05) is 12.0 Å². The number of aliphatic hydroxyl groups is 1. The number of carbonyl (C=O) groups is 1. The fraction of sp³-hybridized carbons (Fsp3) is 0.846. The van der Waals surface area contributed by atoms with Crippen molar-refractivity contribution in [3.8, 4) is 0 Å². The molecular weight excluding hydrogens is 290 g/mol. The van der Waals surface area contributed by atoms with Gasteiger partial charge >= 0.3 is 0 Å². The number of rotatable bonds is 7. The van der Waals surface area contributed by atoms with E-state index in [1.54, 1.807) is 0 Å². The van der Waals surface area contributed by atoms with Crippen LogP contribution in [0, 0.1) is 5.41 Å². The summed E-state index contributed by atoms with van der Waals surface area (Å²) in [5.41, 5.74) is -0.101. The molecule has 1 aromatic heterocycles. The second-order valence-electron chi connectivity index (χ2n) is 6.07. The summed E-state index contributed by atoms with van der Waals surface area (Å²) in [6.45, 7) is 0.719. The first-order chi connectivity index (χ1) is 10.2. The molecule has 0 saturated heterocycles. The molecule has 2 N–H and O–H groups in total. The van der Waals surface area contributed by atoms with Crippen LogP contribution in [0.4, 0.5) is 0 Å². The van der Waals surface area contributed by atoms with Crippen LogP contribution in [-0.4, -0.2) is 50.1 Å². The minimum atomic E-state index is -0.101. The van der Waals surface area contributed by atoms with Crippen molar-refractivity contribution in [1.29, 1.82) is 0 Å². The van der Waals surface area contributed by atoms with Gasteiger partial charge in [0.25, 0.3) is 0 Å². The Hall–Kier alpha value is -1.15. The molecule has 8 heteroatoms. The van der Waals surface area contributed by atoms with Gasteiger partial charge in [0.15, 0.2) is 0 Å². The predicted octanol–water partition coefficient (Wildman–Crippen LogP) is 0.769. The van der Waals surface area contributed by atoms with Gasteiger partial charge in [-0.3, -0.25) is 4.79 Å². The standard InChI is InChI=1S/C13H21N5O2S/c19-9-13(5-1-2-6-13)8-14-11(20)7-21-12-15-16-17-18(12)10-3-4-10/h10,19H,1-9H2,(H,14,20). The van der Waals surface area contributed by atoms with Gasteiger partial charge < -0.3 is 10.4 Å². The number of nitrogens with zero attached hydrogens (tertiary/aromatic N) is 4. The Kier molecular flexibility index (Phi) is 4.44. The van der Waals surface area contributed by atoms with Crippen molar-refractivity contribution in [2.75, 3.05) is 18.9 Å². The lowest BCUT2D eigenvalue weighted by Crippen LogP contribution is -2.39. The fourth-order valence-corrected chi connectivity index (χ4v) is 3.59. The highest BCUT2D eigenvalue weighted by Gasteiger charge is 2.33. The zero-order chi connectivity index (χ0) is 14.7. The van der Waals surface area contributed by atoms with E-state index >= 15 is 0 Å². The Morgan fingerprint density at radius 3 is 2.86 bits per heavy atom. The number of nitrogens with one attached hydrogen (secondary N) is 1. The molecule has 0 aromatic carbocycles. The van der Waals surface area contributed by atoms with Gasteiger partial charge in [0.05, 0.1) is 18.4 Å². The summed E-state index contributed by atoms with van der Waals surface area (Å²) in [7, 11) is 0. The smallest absolute Gasteiger partial charge is 0.230 e. The normalized spacial score (nSPS) is 20.6. The lowest BCUT2D eigenvalue weighted by molar-refractivity contribution is -0.119. The summed E-state index contributed by atoms with van der Waals surface area (Å²) < 4.78 is 1.81. The molecule has 0 spiro atoms. The Balaban J connectivity index is 1.45. The summed E-state index contributed by atoms with van der Waals surface area (Å²) >= 11 is 1.37. The molecule has 0 atom stereocenters. The predicted molar refractivity (Wildman–Crippen MR) is 77.8 cm³/mol. The summed E-state index contributed by atoms with van der Waals surface area (Å²) in [5.74, 6) is 0.291. The summed E-state index contributed by atoms with van der Waals surface area (Å²) in [6.07, 6.45) is 6.50. The third-order valence-electron chi connectivity index (χ3n) is 4.35. The van der Waals surface area contributed by atoms with Crippen molar-refractivity contribution < 1.29 is 9.90 Å². The van der Waals surface area contributed by atoms with Crippen molar-refractivity contribution in [3.63, 3.8) is 0 Å². The molecule has 2 fully saturated rings. The quantitative estimate of drug-likeness (QED) is 0.723. The van der Waals surface area contributed by atoms with Gasteiger partial charge in [-0.1, -0.05) is 24.6 Å². The van der Waals surface area contributed by atoms with Crippen LogP contribution < -0.4 is 5.32 Å². The molecule has 0 radical (unpaired) electrons. The van der Waals surface area contributed by atoms with Crippen LogP contribution in [0.1, 0.15) is 44.6 Å². The Morgan fingerprint density at radius 1 is 1.43 bits per heavy atom. The topological polar surface area (TPSA) is 92.9 Å². The minimum absolute atomic E-state index is 0.0231. The molecule has 1 aromatic rings. The lowest BCUT2D eigenvalue weighted by Gasteiger charge is -2.26. The van der Waals surface area contributed by atoms with Gasteiger partial charge in [-0.2, -0.15) is 0 Å². The Morgan fingerprint density at radius 2 is 2.19 bits per heavy atom. The minimum Gasteiger partial charge on any atom is -0.396 e. The van der Waals surface area contributed by atoms with Gasteiger partial charge in [-0.05, 0) is 36.1 Å². The number of thioether (sulfide) groups is 1. The Bertz CT molecular complexity index is 497. The van der Waals surface area contributed by atoms with Crippen molar-refractivity contribution >= 4 is 17.7 Å². The molecule has 2 aliphatic rings. The third kappa shape index (κ3) is 3.55. The number of amides is 1.